The van der Waals surface area contributed by atoms with E-state index < -0.39 is 0 Å². The molecule has 0 aliphatic carbocycles. The molecule has 1 aromatic carbocycles. The number of rotatable bonds is 3. The summed E-state index contributed by atoms with van der Waals surface area (Å²) in [5.74, 6) is 1.11. The maximum Gasteiger partial charge on any atom is 0.249 e. The summed E-state index contributed by atoms with van der Waals surface area (Å²) in [4.78, 5) is 2.35. The average Bonchev–Trinajstić information content (AvgIpc) is 2.92. The number of hydrogen-bond donors (Lipinski definition) is 1. The molecular weight excluding hydrogens is 288 g/mol. The van der Waals surface area contributed by atoms with Crippen molar-refractivity contribution in [1.29, 1.82) is 0 Å². The van der Waals surface area contributed by atoms with Crippen LogP contribution in [0.25, 0.3) is 11.5 Å². The highest BCUT2D eigenvalue weighted by atomic mass is 35.5. The van der Waals surface area contributed by atoms with Crippen LogP contribution in [0.5, 0.6) is 0 Å². The van der Waals surface area contributed by atoms with Gasteiger partial charge in [-0.25, -0.2) is 0 Å². The lowest BCUT2D eigenvalue weighted by Crippen LogP contribution is -2.53. The van der Waals surface area contributed by atoms with Crippen LogP contribution in [0.3, 0.4) is 0 Å². The van der Waals surface area contributed by atoms with E-state index in [0.717, 1.165) is 18.7 Å². The molecule has 112 valence electrons. The lowest BCUT2D eigenvalue weighted by Gasteiger charge is -2.36. The first-order valence-corrected chi connectivity index (χ1v) is 7.56. The van der Waals surface area contributed by atoms with E-state index in [0.29, 0.717) is 35.4 Å². The van der Waals surface area contributed by atoms with Crippen molar-refractivity contribution in [2.75, 3.05) is 13.1 Å². The van der Waals surface area contributed by atoms with E-state index >= 15 is 0 Å². The summed E-state index contributed by atoms with van der Waals surface area (Å²) in [6, 6.07) is 8.43. The zero-order chi connectivity index (χ0) is 14.8. The summed E-state index contributed by atoms with van der Waals surface area (Å²) < 4.78 is 5.77. The van der Waals surface area contributed by atoms with Gasteiger partial charge in [0, 0.05) is 25.2 Å². The van der Waals surface area contributed by atoms with Crippen LogP contribution in [0.15, 0.2) is 28.7 Å². The van der Waals surface area contributed by atoms with Crippen molar-refractivity contribution in [2.24, 2.45) is 0 Å². The van der Waals surface area contributed by atoms with Gasteiger partial charge in [0.25, 0.3) is 0 Å². The minimum absolute atomic E-state index is 0.455. The second-order valence-electron chi connectivity index (χ2n) is 5.57. The molecule has 0 bridgehead atoms. The third-order valence-electron chi connectivity index (χ3n) is 3.80. The molecule has 1 aromatic heterocycles. The number of benzene rings is 1. The number of nitrogens with one attached hydrogen (secondary N) is 1. The Morgan fingerprint density at radius 3 is 2.95 bits per heavy atom. The van der Waals surface area contributed by atoms with Gasteiger partial charge in [-0.15, -0.1) is 10.2 Å². The van der Waals surface area contributed by atoms with E-state index in [-0.39, 0.29) is 0 Å². The molecule has 6 heteroatoms. The van der Waals surface area contributed by atoms with Gasteiger partial charge in [0.15, 0.2) is 0 Å². The molecule has 2 aromatic rings. The minimum atomic E-state index is 0.455. The predicted octanol–water partition coefficient (Wildman–Crippen LogP) is 2.57. The third kappa shape index (κ3) is 3.26. The number of nitrogens with zero attached hydrogens (tertiary/aromatic N) is 3. The van der Waals surface area contributed by atoms with Crippen molar-refractivity contribution in [2.45, 2.75) is 32.5 Å². The van der Waals surface area contributed by atoms with Crippen molar-refractivity contribution in [3.05, 3.63) is 35.2 Å². The Bertz CT molecular complexity index is 615. The molecule has 1 saturated heterocycles. The molecule has 0 saturated carbocycles. The highest BCUT2D eigenvalue weighted by Gasteiger charge is 2.24. The summed E-state index contributed by atoms with van der Waals surface area (Å²) in [7, 11) is 0. The van der Waals surface area contributed by atoms with Crippen LogP contribution in [-0.4, -0.2) is 40.3 Å². The van der Waals surface area contributed by atoms with Gasteiger partial charge in [-0.1, -0.05) is 23.7 Å². The molecular formula is C15H19ClN4O. The van der Waals surface area contributed by atoms with Gasteiger partial charge in [0.05, 0.1) is 17.1 Å². The Kier molecular flexibility index (Phi) is 4.24. The topological polar surface area (TPSA) is 54.2 Å². The first-order valence-electron chi connectivity index (χ1n) is 7.18. The third-order valence-corrected chi connectivity index (χ3v) is 4.13. The second-order valence-corrected chi connectivity index (χ2v) is 5.98. The molecule has 3 rings (SSSR count). The number of hydrogen-bond acceptors (Lipinski definition) is 5. The van der Waals surface area contributed by atoms with E-state index in [1.807, 2.05) is 24.3 Å². The number of halogens is 1. The Labute approximate surface area is 129 Å². The van der Waals surface area contributed by atoms with Crippen molar-refractivity contribution in [3.8, 4) is 11.5 Å². The fourth-order valence-electron chi connectivity index (χ4n) is 2.55. The summed E-state index contributed by atoms with van der Waals surface area (Å²) >= 11 is 6.16. The summed E-state index contributed by atoms with van der Waals surface area (Å²) in [5.41, 5.74) is 0.777. The monoisotopic (exact) mass is 306 g/mol. The lowest BCUT2D eigenvalue weighted by atomic mass is 10.1. The molecule has 1 aliphatic heterocycles. The van der Waals surface area contributed by atoms with Crippen molar-refractivity contribution >= 4 is 11.6 Å². The lowest BCUT2D eigenvalue weighted by molar-refractivity contribution is 0.127. The zero-order valence-electron chi connectivity index (χ0n) is 12.2. The van der Waals surface area contributed by atoms with Crippen molar-refractivity contribution in [1.82, 2.24) is 20.4 Å². The molecule has 1 aliphatic rings. The van der Waals surface area contributed by atoms with E-state index in [2.05, 4.69) is 34.3 Å². The molecule has 0 spiro atoms. The van der Waals surface area contributed by atoms with E-state index in [9.17, 15) is 0 Å². The number of aromatic nitrogens is 2. The van der Waals surface area contributed by atoms with Crippen LogP contribution >= 0.6 is 11.6 Å². The smallest absolute Gasteiger partial charge is 0.249 e. The largest absolute Gasteiger partial charge is 0.419 e. The standard InChI is InChI=1S/C15H19ClN4O/c1-10-8-20(11(2)7-17-10)9-14-18-19-15(21-14)12-5-3-4-6-13(12)16/h3-6,10-11,17H,7-9H2,1-2H3. The average molecular weight is 307 g/mol. The highest BCUT2D eigenvalue weighted by Crippen LogP contribution is 2.26. The van der Waals surface area contributed by atoms with Gasteiger partial charge in [-0.05, 0) is 26.0 Å². The fraction of sp³-hybridized carbons (Fsp3) is 0.467. The van der Waals surface area contributed by atoms with Gasteiger partial charge in [0.2, 0.25) is 11.8 Å². The van der Waals surface area contributed by atoms with Gasteiger partial charge in [0.1, 0.15) is 0 Å². The molecule has 1 fully saturated rings. The van der Waals surface area contributed by atoms with Crippen LogP contribution in [-0.2, 0) is 6.54 Å². The van der Waals surface area contributed by atoms with Crippen LogP contribution in [0, 0.1) is 0 Å². The van der Waals surface area contributed by atoms with Gasteiger partial charge >= 0.3 is 0 Å². The quantitative estimate of drug-likeness (QED) is 0.944. The fourth-order valence-corrected chi connectivity index (χ4v) is 2.77. The highest BCUT2D eigenvalue weighted by molar-refractivity contribution is 6.33. The van der Waals surface area contributed by atoms with Gasteiger partial charge in [-0.2, -0.15) is 0 Å². The molecule has 2 heterocycles. The van der Waals surface area contributed by atoms with E-state index in [1.165, 1.54) is 0 Å². The molecule has 1 N–H and O–H groups in total. The minimum Gasteiger partial charge on any atom is -0.419 e. The Morgan fingerprint density at radius 2 is 2.14 bits per heavy atom. The van der Waals surface area contributed by atoms with Crippen LogP contribution in [0.1, 0.15) is 19.7 Å². The normalized spacial score (nSPS) is 23.4. The SMILES string of the molecule is CC1CN(Cc2nnc(-c3ccccc3Cl)o2)C(C)CN1. The Hall–Kier alpha value is -1.43. The van der Waals surface area contributed by atoms with Crippen LogP contribution in [0.2, 0.25) is 5.02 Å². The first kappa shape index (κ1) is 14.5. The molecule has 5 nitrogen and oxygen atoms in total. The maximum absolute atomic E-state index is 6.16. The first-order chi connectivity index (χ1) is 10.1. The van der Waals surface area contributed by atoms with Crippen molar-refractivity contribution in [3.63, 3.8) is 0 Å². The van der Waals surface area contributed by atoms with Crippen LogP contribution in [0.4, 0.5) is 0 Å². The van der Waals surface area contributed by atoms with E-state index in [1.54, 1.807) is 0 Å². The summed E-state index contributed by atoms with van der Waals surface area (Å²) in [6.07, 6.45) is 0. The van der Waals surface area contributed by atoms with Crippen molar-refractivity contribution < 1.29 is 4.42 Å². The van der Waals surface area contributed by atoms with Crippen LogP contribution < -0.4 is 5.32 Å². The predicted molar refractivity (Wildman–Crippen MR) is 82.1 cm³/mol. The van der Waals surface area contributed by atoms with Gasteiger partial charge in [-0.3, -0.25) is 4.90 Å². The molecule has 2 unspecified atom stereocenters. The van der Waals surface area contributed by atoms with Gasteiger partial charge < -0.3 is 9.73 Å². The summed E-state index contributed by atoms with van der Waals surface area (Å²) in [6.45, 7) is 7.01. The Balaban J connectivity index is 1.75. The molecule has 21 heavy (non-hydrogen) atoms. The summed E-state index contributed by atoms with van der Waals surface area (Å²) in [5, 5.41) is 12.3. The van der Waals surface area contributed by atoms with E-state index in [4.69, 9.17) is 16.0 Å². The molecule has 2 atom stereocenters. The maximum atomic E-state index is 6.16. The Morgan fingerprint density at radius 1 is 1.33 bits per heavy atom. The zero-order valence-corrected chi connectivity index (χ0v) is 13.0. The molecule has 0 radical (unpaired) electrons. The molecule has 0 amide bonds. The second kappa shape index (κ2) is 6.13. The number of piperazine rings is 1.